The van der Waals surface area contributed by atoms with Crippen LogP contribution in [0.2, 0.25) is 0 Å². The van der Waals surface area contributed by atoms with Gasteiger partial charge in [-0.3, -0.25) is 19.4 Å². The Balaban J connectivity index is 1.71. The maximum Gasteiger partial charge on any atom is 0.236 e. The standard InChI is InChI=1S/C14H27N5O2/c1-15-13(20)11-18-7-9-19(10-8-18)14(21)12-17-5-2-3-16-4-6-17/h16H,2-12H2,1H3,(H,15,20). The van der Waals surface area contributed by atoms with E-state index in [-0.39, 0.29) is 11.8 Å². The number of nitrogens with zero attached hydrogens (tertiary/aromatic N) is 3. The van der Waals surface area contributed by atoms with Crippen LogP contribution in [0, 0.1) is 0 Å². The van der Waals surface area contributed by atoms with E-state index in [2.05, 4.69) is 20.4 Å². The highest BCUT2D eigenvalue weighted by Gasteiger charge is 2.23. The summed E-state index contributed by atoms with van der Waals surface area (Å²) in [6.45, 7) is 7.91. The Morgan fingerprint density at radius 2 is 1.67 bits per heavy atom. The van der Waals surface area contributed by atoms with Gasteiger partial charge in [0, 0.05) is 46.3 Å². The van der Waals surface area contributed by atoms with Gasteiger partial charge in [-0.1, -0.05) is 0 Å². The number of amides is 2. The first-order chi connectivity index (χ1) is 10.2. The van der Waals surface area contributed by atoms with Gasteiger partial charge in [0.05, 0.1) is 13.1 Å². The van der Waals surface area contributed by atoms with Crippen LogP contribution in [-0.4, -0.2) is 99.0 Å². The van der Waals surface area contributed by atoms with E-state index >= 15 is 0 Å². The molecular weight excluding hydrogens is 270 g/mol. The third-order valence-corrected chi connectivity index (χ3v) is 4.16. The molecule has 0 bridgehead atoms. The smallest absolute Gasteiger partial charge is 0.236 e. The van der Waals surface area contributed by atoms with Crippen LogP contribution in [0.5, 0.6) is 0 Å². The lowest BCUT2D eigenvalue weighted by Gasteiger charge is -2.35. The van der Waals surface area contributed by atoms with Gasteiger partial charge in [-0.2, -0.15) is 0 Å². The molecule has 21 heavy (non-hydrogen) atoms. The molecule has 2 saturated heterocycles. The summed E-state index contributed by atoms with van der Waals surface area (Å²) >= 11 is 0. The lowest BCUT2D eigenvalue weighted by atomic mass is 10.3. The molecule has 0 radical (unpaired) electrons. The van der Waals surface area contributed by atoms with Gasteiger partial charge in [0.2, 0.25) is 11.8 Å². The molecule has 2 amide bonds. The van der Waals surface area contributed by atoms with Gasteiger partial charge < -0.3 is 15.5 Å². The van der Waals surface area contributed by atoms with Gasteiger partial charge in [0.25, 0.3) is 0 Å². The normalized spacial score (nSPS) is 21.9. The van der Waals surface area contributed by atoms with E-state index in [9.17, 15) is 9.59 Å². The van der Waals surface area contributed by atoms with Crippen molar-refractivity contribution < 1.29 is 9.59 Å². The molecule has 0 aromatic carbocycles. The van der Waals surface area contributed by atoms with Crippen molar-refractivity contribution in [1.29, 1.82) is 0 Å². The second-order valence-corrected chi connectivity index (χ2v) is 5.71. The Bertz CT molecular complexity index is 347. The summed E-state index contributed by atoms with van der Waals surface area (Å²) < 4.78 is 0. The number of piperazine rings is 1. The highest BCUT2D eigenvalue weighted by molar-refractivity contribution is 5.79. The maximum atomic E-state index is 12.3. The Kier molecular flexibility index (Phi) is 6.41. The fourth-order valence-electron chi connectivity index (χ4n) is 2.79. The minimum absolute atomic E-state index is 0.0341. The molecule has 2 rings (SSSR count). The van der Waals surface area contributed by atoms with Crippen LogP contribution in [0.25, 0.3) is 0 Å². The Hall–Kier alpha value is -1.18. The Morgan fingerprint density at radius 3 is 2.38 bits per heavy atom. The molecule has 0 aromatic heterocycles. The van der Waals surface area contributed by atoms with Crippen molar-refractivity contribution in [1.82, 2.24) is 25.3 Å². The average Bonchev–Trinajstić information content (AvgIpc) is 2.76. The number of likely N-dealkylation sites (N-methyl/N-ethyl adjacent to an activating group) is 1. The summed E-state index contributed by atoms with van der Waals surface area (Å²) in [5.41, 5.74) is 0. The molecule has 2 aliphatic rings. The summed E-state index contributed by atoms with van der Waals surface area (Å²) in [6.07, 6.45) is 1.10. The first-order valence-corrected chi connectivity index (χ1v) is 7.83. The van der Waals surface area contributed by atoms with Gasteiger partial charge in [0.15, 0.2) is 0 Å². The molecule has 2 heterocycles. The van der Waals surface area contributed by atoms with Crippen LogP contribution in [0.15, 0.2) is 0 Å². The molecule has 0 spiro atoms. The van der Waals surface area contributed by atoms with E-state index in [0.717, 1.165) is 58.8 Å². The average molecular weight is 297 g/mol. The summed E-state index contributed by atoms with van der Waals surface area (Å²) in [6, 6.07) is 0. The molecule has 0 unspecified atom stereocenters. The number of carbonyl (C=O) groups excluding carboxylic acids is 2. The summed E-state index contributed by atoms with van der Waals surface area (Å²) in [7, 11) is 1.65. The van der Waals surface area contributed by atoms with Crippen LogP contribution in [-0.2, 0) is 9.59 Å². The molecule has 7 heteroatoms. The molecular formula is C14H27N5O2. The maximum absolute atomic E-state index is 12.3. The van der Waals surface area contributed by atoms with Crippen molar-refractivity contribution in [2.45, 2.75) is 6.42 Å². The van der Waals surface area contributed by atoms with Crippen molar-refractivity contribution in [2.24, 2.45) is 0 Å². The minimum Gasteiger partial charge on any atom is -0.358 e. The molecule has 0 atom stereocenters. The molecule has 2 N–H and O–H groups in total. The van der Waals surface area contributed by atoms with E-state index in [0.29, 0.717) is 13.1 Å². The Morgan fingerprint density at radius 1 is 0.952 bits per heavy atom. The highest BCUT2D eigenvalue weighted by atomic mass is 16.2. The van der Waals surface area contributed by atoms with Gasteiger partial charge >= 0.3 is 0 Å². The highest BCUT2D eigenvalue weighted by Crippen LogP contribution is 2.04. The topological polar surface area (TPSA) is 67.9 Å². The van der Waals surface area contributed by atoms with Crippen molar-refractivity contribution in [3.63, 3.8) is 0 Å². The van der Waals surface area contributed by atoms with E-state index in [1.54, 1.807) is 7.05 Å². The van der Waals surface area contributed by atoms with E-state index in [1.165, 1.54) is 0 Å². The molecule has 0 aliphatic carbocycles. The van der Waals surface area contributed by atoms with E-state index in [1.807, 2.05) is 4.90 Å². The lowest BCUT2D eigenvalue weighted by molar-refractivity contribution is -0.134. The van der Waals surface area contributed by atoms with Crippen molar-refractivity contribution in [3.8, 4) is 0 Å². The third kappa shape index (κ3) is 5.26. The third-order valence-electron chi connectivity index (χ3n) is 4.16. The molecule has 0 saturated carbocycles. The monoisotopic (exact) mass is 297 g/mol. The zero-order valence-corrected chi connectivity index (χ0v) is 12.9. The number of carbonyl (C=O) groups is 2. The van der Waals surface area contributed by atoms with Crippen LogP contribution >= 0.6 is 0 Å². The van der Waals surface area contributed by atoms with Crippen LogP contribution in [0.4, 0.5) is 0 Å². The number of rotatable bonds is 4. The van der Waals surface area contributed by atoms with E-state index in [4.69, 9.17) is 0 Å². The lowest BCUT2D eigenvalue weighted by Crippen LogP contribution is -2.53. The van der Waals surface area contributed by atoms with Crippen LogP contribution in [0.3, 0.4) is 0 Å². The zero-order chi connectivity index (χ0) is 15.1. The summed E-state index contributed by atoms with van der Waals surface area (Å²) in [4.78, 5) is 29.9. The first-order valence-electron chi connectivity index (χ1n) is 7.83. The van der Waals surface area contributed by atoms with Gasteiger partial charge in [-0.15, -0.1) is 0 Å². The largest absolute Gasteiger partial charge is 0.358 e. The quantitative estimate of drug-likeness (QED) is 0.639. The predicted molar refractivity (Wildman–Crippen MR) is 81.0 cm³/mol. The molecule has 7 nitrogen and oxygen atoms in total. The molecule has 2 aliphatic heterocycles. The van der Waals surface area contributed by atoms with Crippen LogP contribution in [0.1, 0.15) is 6.42 Å². The second kappa shape index (κ2) is 8.31. The van der Waals surface area contributed by atoms with Crippen molar-refractivity contribution >= 4 is 11.8 Å². The zero-order valence-electron chi connectivity index (χ0n) is 12.9. The van der Waals surface area contributed by atoms with Crippen molar-refractivity contribution in [3.05, 3.63) is 0 Å². The molecule has 120 valence electrons. The molecule has 2 fully saturated rings. The number of hydrogen-bond donors (Lipinski definition) is 2. The second-order valence-electron chi connectivity index (χ2n) is 5.71. The minimum atomic E-state index is 0.0341. The fraction of sp³-hybridized carbons (Fsp3) is 0.857. The SMILES string of the molecule is CNC(=O)CN1CCN(C(=O)CN2CCCNCC2)CC1. The Labute approximate surface area is 126 Å². The van der Waals surface area contributed by atoms with Crippen molar-refractivity contribution in [2.75, 3.05) is 72.5 Å². The van der Waals surface area contributed by atoms with Gasteiger partial charge in [-0.05, 0) is 19.5 Å². The van der Waals surface area contributed by atoms with Gasteiger partial charge in [-0.25, -0.2) is 0 Å². The fourth-order valence-corrected chi connectivity index (χ4v) is 2.79. The van der Waals surface area contributed by atoms with E-state index < -0.39 is 0 Å². The van der Waals surface area contributed by atoms with Gasteiger partial charge in [0.1, 0.15) is 0 Å². The predicted octanol–water partition coefficient (Wildman–Crippen LogP) is -1.83. The summed E-state index contributed by atoms with van der Waals surface area (Å²) in [5.74, 6) is 0.253. The molecule has 0 aromatic rings. The number of nitrogens with one attached hydrogen (secondary N) is 2. The summed E-state index contributed by atoms with van der Waals surface area (Å²) in [5, 5.41) is 5.98. The van der Waals surface area contributed by atoms with Crippen LogP contribution < -0.4 is 10.6 Å². The first kappa shape index (κ1) is 16.2. The number of hydrogen-bond acceptors (Lipinski definition) is 5.